The fraction of sp³-hybridized carbons (Fsp3) is 0.500. The lowest BCUT2D eigenvalue weighted by atomic mass is 9.98. The minimum atomic E-state index is -0.0289. The van der Waals surface area contributed by atoms with Crippen molar-refractivity contribution in [3.8, 4) is 5.75 Å². The summed E-state index contributed by atoms with van der Waals surface area (Å²) in [5, 5.41) is 11.1. The number of carbonyl (C=O) groups is 1. The van der Waals surface area contributed by atoms with Crippen molar-refractivity contribution in [1.29, 1.82) is 0 Å². The highest BCUT2D eigenvalue weighted by Crippen LogP contribution is 2.18. The first-order chi connectivity index (χ1) is 12.7. The van der Waals surface area contributed by atoms with Gasteiger partial charge in [0.15, 0.2) is 0 Å². The molecule has 0 saturated carbocycles. The number of aromatic nitrogens is 3. The number of nitrogens with one attached hydrogen (secondary N) is 1. The smallest absolute Gasteiger partial charge is 0.317 e. The number of nitrogens with zero attached hydrogens (tertiary/aromatic N) is 4. The number of rotatable bonds is 6. The highest BCUT2D eigenvalue weighted by atomic mass is 16.5. The standard InChI is InChI=1S/C18H26N6O2/c1-26-17-6-2-4-14(8-17)10-20-18(25)23-7-3-5-15(11-23)12-24-13-16(9-19)21-22-24/h2,4,6,8,13,15H,3,5,7,9-12,19H2,1H3,(H,20,25)/t15-/m0/s1. The van der Waals surface area contributed by atoms with E-state index in [2.05, 4.69) is 15.6 Å². The molecular formula is C18H26N6O2. The molecule has 140 valence electrons. The first-order valence-electron chi connectivity index (χ1n) is 8.92. The van der Waals surface area contributed by atoms with Crippen LogP contribution < -0.4 is 15.8 Å². The number of amides is 2. The third-order valence-corrected chi connectivity index (χ3v) is 4.62. The topological polar surface area (TPSA) is 98.3 Å². The number of hydrogen-bond acceptors (Lipinski definition) is 5. The Balaban J connectivity index is 1.50. The molecule has 2 amide bonds. The minimum absolute atomic E-state index is 0.0289. The minimum Gasteiger partial charge on any atom is -0.497 e. The molecule has 1 fully saturated rings. The third kappa shape index (κ3) is 4.72. The molecule has 8 nitrogen and oxygen atoms in total. The molecule has 0 bridgehead atoms. The molecule has 1 aliphatic rings. The van der Waals surface area contributed by atoms with E-state index in [1.807, 2.05) is 40.0 Å². The van der Waals surface area contributed by atoms with Gasteiger partial charge in [-0.15, -0.1) is 5.10 Å². The number of ether oxygens (including phenoxy) is 1. The number of piperidine rings is 1. The molecule has 1 aliphatic heterocycles. The molecule has 0 radical (unpaired) electrons. The van der Waals surface area contributed by atoms with E-state index >= 15 is 0 Å². The molecule has 1 aromatic carbocycles. The second-order valence-corrected chi connectivity index (χ2v) is 6.60. The fourth-order valence-corrected chi connectivity index (χ4v) is 3.26. The van der Waals surface area contributed by atoms with Crippen LogP contribution >= 0.6 is 0 Å². The molecule has 0 aliphatic carbocycles. The number of hydrogen-bond donors (Lipinski definition) is 2. The van der Waals surface area contributed by atoms with Gasteiger partial charge in [-0.3, -0.25) is 4.68 Å². The van der Waals surface area contributed by atoms with E-state index in [0.29, 0.717) is 19.0 Å². The van der Waals surface area contributed by atoms with Gasteiger partial charge in [0.2, 0.25) is 0 Å². The number of likely N-dealkylation sites (tertiary alicyclic amines) is 1. The molecule has 0 spiro atoms. The number of carbonyl (C=O) groups excluding carboxylic acids is 1. The van der Waals surface area contributed by atoms with Crippen LogP contribution in [0.2, 0.25) is 0 Å². The van der Waals surface area contributed by atoms with Gasteiger partial charge < -0.3 is 20.7 Å². The Morgan fingerprint density at radius 3 is 3.12 bits per heavy atom. The van der Waals surface area contributed by atoms with Gasteiger partial charge in [-0.05, 0) is 36.5 Å². The first kappa shape index (κ1) is 18.2. The Morgan fingerprint density at radius 1 is 1.46 bits per heavy atom. The van der Waals surface area contributed by atoms with Crippen molar-refractivity contribution in [2.75, 3.05) is 20.2 Å². The zero-order valence-electron chi connectivity index (χ0n) is 15.1. The van der Waals surface area contributed by atoms with Crippen LogP contribution in [0.25, 0.3) is 0 Å². The van der Waals surface area contributed by atoms with Gasteiger partial charge in [-0.25, -0.2) is 4.79 Å². The van der Waals surface area contributed by atoms with Gasteiger partial charge in [-0.1, -0.05) is 17.3 Å². The Morgan fingerprint density at radius 2 is 2.35 bits per heavy atom. The van der Waals surface area contributed by atoms with Crippen molar-refractivity contribution in [3.63, 3.8) is 0 Å². The zero-order valence-corrected chi connectivity index (χ0v) is 15.1. The second kappa shape index (κ2) is 8.66. The molecule has 8 heteroatoms. The summed E-state index contributed by atoms with van der Waals surface area (Å²) in [5.41, 5.74) is 7.38. The van der Waals surface area contributed by atoms with E-state index in [0.717, 1.165) is 49.5 Å². The van der Waals surface area contributed by atoms with E-state index < -0.39 is 0 Å². The van der Waals surface area contributed by atoms with Gasteiger partial charge in [0.1, 0.15) is 5.75 Å². The zero-order chi connectivity index (χ0) is 18.4. The van der Waals surface area contributed by atoms with E-state index in [-0.39, 0.29) is 6.03 Å². The van der Waals surface area contributed by atoms with Gasteiger partial charge >= 0.3 is 6.03 Å². The first-order valence-corrected chi connectivity index (χ1v) is 8.92. The molecule has 2 aromatic rings. The SMILES string of the molecule is COc1cccc(CNC(=O)N2CCC[C@H](Cn3cc(CN)nn3)C2)c1. The largest absolute Gasteiger partial charge is 0.497 e. The highest BCUT2D eigenvalue weighted by Gasteiger charge is 2.24. The van der Waals surface area contributed by atoms with E-state index in [1.165, 1.54) is 0 Å². The maximum atomic E-state index is 12.5. The average Bonchev–Trinajstić information content (AvgIpc) is 3.14. The van der Waals surface area contributed by atoms with Gasteiger partial charge in [0.05, 0.1) is 12.8 Å². The van der Waals surface area contributed by atoms with Crippen molar-refractivity contribution in [2.24, 2.45) is 11.7 Å². The summed E-state index contributed by atoms with van der Waals surface area (Å²) in [6.45, 7) is 3.14. The molecule has 1 aromatic heterocycles. The maximum absolute atomic E-state index is 12.5. The summed E-state index contributed by atoms with van der Waals surface area (Å²) in [6.07, 6.45) is 3.95. The summed E-state index contributed by atoms with van der Waals surface area (Å²) in [6, 6.07) is 7.69. The van der Waals surface area contributed by atoms with Crippen LogP contribution in [0.1, 0.15) is 24.1 Å². The molecule has 1 atom stereocenters. The monoisotopic (exact) mass is 358 g/mol. The van der Waals surface area contributed by atoms with Crippen molar-refractivity contribution < 1.29 is 9.53 Å². The predicted octanol–water partition coefficient (Wildman–Crippen LogP) is 1.37. The molecule has 1 saturated heterocycles. The summed E-state index contributed by atoms with van der Waals surface area (Å²) in [4.78, 5) is 14.4. The lowest BCUT2D eigenvalue weighted by molar-refractivity contribution is 0.157. The molecule has 2 heterocycles. The predicted molar refractivity (Wildman–Crippen MR) is 97.4 cm³/mol. The molecular weight excluding hydrogens is 332 g/mol. The van der Waals surface area contributed by atoms with E-state index in [4.69, 9.17) is 10.5 Å². The fourth-order valence-electron chi connectivity index (χ4n) is 3.26. The number of methoxy groups -OCH3 is 1. The Bertz CT molecular complexity index is 732. The summed E-state index contributed by atoms with van der Waals surface area (Å²) in [7, 11) is 1.64. The van der Waals surface area contributed by atoms with Gasteiger partial charge in [0.25, 0.3) is 0 Å². The summed E-state index contributed by atoms with van der Waals surface area (Å²) in [5.74, 6) is 1.16. The van der Waals surface area contributed by atoms with Crippen molar-refractivity contribution in [2.45, 2.75) is 32.5 Å². The van der Waals surface area contributed by atoms with Crippen molar-refractivity contribution >= 4 is 6.03 Å². The number of nitrogens with two attached hydrogens (primary N) is 1. The van der Waals surface area contributed by atoms with Crippen LogP contribution in [-0.2, 0) is 19.6 Å². The van der Waals surface area contributed by atoms with Crippen LogP contribution in [0.15, 0.2) is 30.5 Å². The van der Waals surface area contributed by atoms with E-state index in [9.17, 15) is 4.79 Å². The maximum Gasteiger partial charge on any atom is 0.317 e. The Labute approximate surface area is 153 Å². The highest BCUT2D eigenvalue weighted by molar-refractivity contribution is 5.74. The molecule has 3 N–H and O–H groups in total. The summed E-state index contributed by atoms with van der Waals surface area (Å²) < 4.78 is 7.04. The lowest BCUT2D eigenvalue weighted by Gasteiger charge is -2.32. The molecule has 26 heavy (non-hydrogen) atoms. The van der Waals surface area contributed by atoms with Crippen LogP contribution in [0.5, 0.6) is 5.75 Å². The molecule has 0 unspecified atom stereocenters. The quantitative estimate of drug-likeness (QED) is 0.813. The van der Waals surface area contributed by atoms with Crippen molar-refractivity contribution in [1.82, 2.24) is 25.2 Å². The summed E-state index contributed by atoms with van der Waals surface area (Å²) >= 11 is 0. The normalized spacial score (nSPS) is 17.2. The third-order valence-electron chi connectivity index (χ3n) is 4.62. The van der Waals surface area contributed by atoms with E-state index in [1.54, 1.807) is 7.11 Å². The second-order valence-electron chi connectivity index (χ2n) is 6.60. The lowest BCUT2D eigenvalue weighted by Crippen LogP contribution is -2.46. The van der Waals surface area contributed by atoms with Gasteiger partial charge in [0, 0.05) is 38.9 Å². The van der Waals surface area contributed by atoms with Crippen LogP contribution in [0.4, 0.5) is 4.79 Å². The van der Waals surface area contributed by atoms with Crippen LogP contribution in [0, 0.1) is 5.92 Å². The van der Waals surface area contributed by atoms with Crippen molar-refractivity contribution in [3.05, 3.63) is 41.7 Å². The van der Waals surface area contributed by atoms with Gasteiger partial charge in [-0.2, -0.15) is 0 Å². The van der Waals surface area contributed by atoms with Crippen LogP contribution in [-0.4, -0.2) is 46.1 Å². The number of benzene rings is 1. The molecule has 3 rings (SSSR count). The average molecular weight is 358 g/mol. The van der Waals surface area contributed by atoms with Crippen LogP contribution in [0.3, 0.4) is 0 Å². The number of urea groups is 1. The Kier molecular flexibility index (Phi) is 6.06. The Hall–Kier alpha value is -2.61.